The van der Waals surface area contributed by atoms with Crippen LogP contribution >= 0.6 is 0 Å². The van der Waals surface area contributed by atoms with Gasteiger partial charge in [-0.3, -0.25) is 0 Å². The largest absolute Gasteiger partial charge is 0.0649 e. The highest BCUT2D eigenvalue weighted by Crippen LogP contribution is 2.52. The Labute approximate surface area is 83.1 Å². The Kier molecular flexibility index (Phi) is 2.42. The van der Waals surface area contributed by atoms with E-state index < -0.39 is 0 Å². The summed E-state index contributed by atoms with van der Waals surface area (Å²) in [6.45, 7) is 7.23. The van der Waals surface area contributed by atoms with Gasteiger partial charge >= 0.3 is 0 Å². The van der Waals surface area contributed by atoms with Crippen LogP contribution < -0.4 is 0 Å². The molecule has 0 saturated heterocycles. The molecule has 0 aromatic rings. The molecule has 2 saturated carbocycles. The van der Waals surface area contributed by atoms with Crippen molar-refractivity contribution in [2.75, 3.05) is 0 Å². The standard InChI is InChI=1S/C13H24/c1-4-13(2,3)9-12-8-10-5-6-11(12)7-10/h10-12H,4-9H2,1-3H3. The van der Waals surface area contributed by atoms with Gasteiger partial charge in [0.15, 0.2) is 0 Å². The Bertz CT molecular complexity index is 180. The number of rotatable bonds is 3. The third kappa shape index (κ3) is 1.92. The molecule has 0 aromatic heterocycles. The van der Waals surface area contributed by atoms with E-state index in [1.54, 1.807) is 25.7 Å². The van der Waals surface area contributed by atoms with E-state index in [9.17, 15) is 0 Å². The molecule has 0 heteroatoms. The maximum Gasteiger partial charge on any atom is -0.0354 e. The molecule has 2 aliphatic carbocycles. The second-order valence-electron chi connectivity index (χ2n) is 6.16. The predicted octanol–water partition coefficient (Wildman–Crippen LogP) is 4.25. The average molecular weight is 180 g/mol. The molecule has 2 fully saturated rings. The molecule has 13 heavy (non-hydrogen) atoms. The van der Waals surface area contributed by atoms with Crippen LogP contribution in [0.15, 0.2) is 0 Å². The van der Waals surface area contributed by atoms with Crippen LogP contribution in [-0.2, 0) is 0 Å². The van der Waals surface area contributed by atoms with Crippen molar-refractivity contribution in [2.45, 2.75) is 59.3 Å². The lowest BCUT2D eigenvalue weighted by Gasteiger charge is -2.31. The minimum atomic E-state index is 0.606. The number of fused-ring (bicyclic) bond motifs is 2. The van der Waals surface area contributed by atoms with E-state index in [0.29, 0.717) is 5.41 Å². The Morgan fingerprint density at radius 1 is 1.15 bits per heavy atom. The van der Waals surface area contributed by atoms with Crippen molar-refractivity contribution in [1.29, 1.82) is 0 Å². The summed E-state index contributed by atoms with van der Waals surface area (Å²) in [5, 5.41) is 0. The minimum absolute atomic E-state index is 0.606. The fourth-order valence-corrected chi connectivity index (χ4v) is 3.48. The maximum atomic E-state index is 2.44. The fraction of sp³-hybridized carbons (Fsp3) is 1.00. The number of hydrogen-bond donors (Lipinski definition) is 0. The van der Waals surface area contributed by atoms with Crippen molar-refractivity contribution in [3.8, 4) is 0 Å². The molecular formula is C13H24. The molecule has 0 aromatic carbocycles. The molecule has 0 N–H and O–H groups in total. The third-order valence-electron chi connectivity index (χ3n) is 4.66. The van der Waals surface area contributed by atoms with Crippen molar-refractivity contribution in [3.05, 3.63) is 0 Å². The zero-order chi connectivity index (χ0) is 9.47. The molecule has 3 atom stereocenters. The van der Waals surface area contributed by atoms with E-state index in [-0.39, 0.29) is 0 Å². The summed E-state index contributed by atoms with van der Waals surface area (Å²) in [4.78, 5) is 0. The Morgan fingerprint density at radius 2 is 1.92 bits per heavy atom. The van der Waals surface area contributed by atoms with Gasteiger partial charge < -0.3 is 0 Å². The van der Waals surface area contributed by atoms with E-state index in [4.69, 9.17) is 0 Å². The van der Waals surface area contributed by atoms with Gasteiger partial charge in [0.05, 0.1) is 0 Å². The van der Waals surface area contributed by atoms with Gasteiger partial charge in [-0.1, -0.05) is 33.6 Å². The molecule has 0 aliphatic heterocycles. The van der Waals surface area contributed by atoms with Gasteiger partial charge in [0.2, 0.25) is 0 Å². The molecule has 2 rings (SSSR count). The zero-order valence-corrected chi connectivity index (χ0v) is 9.47. The summed E-state index contributed by atoms with van der Waals surface area (Å²) in [5.41, 5.74) is 0.606. The van der Waals surface area contributed by atoms with Crippen LogP contribution in [0.1, 0.15) is 59.3 Å². The topological polar surface area (TPSA) is 0 Å². The van der Waals surface area contributed by atoms with Crippen LogP contribution in [0.4, 0.5) is 0 Å². The molecule has 0 heterocycles. The lowest BCUT2D eigenvalue weighted by molar-refractivity contribution is 0.202. The van der Waals surface area contributed by atoms with Crippen molar-refractivity contribution >= 4 is 0 Å². The van der Waals surface area contributed by atoms with E-state index in [0.717, 1.165) is 17.8 Å². The SMILES string of the molecule is CCC(C)(C)CC1CC2CCC1C2. The smallest absolute Gasteiger partial charge is 0.0354 e. The van der Waals surface area contributed by atoms with Crippen LogP contribution in [0.3, 0.4) is 0 Å². The van der Waals surface area contributed by atoms with Crippen LogP contribution in [0.5, 0.6) is 0 Å². The molecule has 0 spiro atoms. The summed E-state index contributed by atoms with van der Waals surface area (Å²) < 4.78 is 0. The summed E-state index contributed by atoms with van der Waals surface area (Å²) in [6, 6.07) is 0. The highest BCUT2D eigenvalue weighted by Gasteiger charge is 2.40. The quantitative estimate of drug-likeness (QED) is 0.609. The first-order valence-electron chi connectivity index (χ1n) is 6.11. The monoisotopic (exact) mass is 180 g/mol. The van der Waals surface area contributed by atoms with Crippen LogP contribution in [0.25, 0.3) is 0 Å². The molecule has 0 amide bonds. The molecule has 2 aliphatic rings. The second-order valence-corrected chi connectivity index (χ2v) is 6.16. The molecule has 3 unspecified atom stereocenters. The van der Waals surface area contributed by atoms with Gasteiger partial charge in [0.1, 0.15) is 0 Å². The third-order valence-corrected chi connectivity index (χ3v) is 4.66. The van der Waals surface area contributed by atoms with Gasteiger partial charge in [-0.2, -0.15) is 0 Å². The maximum absolute atomic E-state index is 2.44. The van der Waals surface area contributed by atoms with E-state index in [1.165, 1.54) is 12.8 Å². The second kappa shape index (κ2) is 3.29. The Hall–Kier alpha value is 0. The van der Waals surface area contributed by atoms with Crippen LogP contribution in [-0.4, -0.2) is 0 Å². The summed E-state index contributed by atoms with van der Waals surface area (Å²) in [7, 11) is 0. The first kappa shape index (κ1) is 9.55. The van der Waals surface area contributed by atoms with Crippen LogP contribution in [0, 0.1) is 23.2 Å². The zero-order valence-electron chi connectivity index (χ0n) is 9.47. The summed E-state index contributed by atoms with van der Waals surface area (Å²) in [5.74, 6) is 3.34. The van der Waals surface area contributed by atoms with Crippen molar-refractivity contribution < 1.29 is 0 Å². The van der Waals surface area contributed by atoms with Gasteiger partial charge in [-0.05, 0) is 48.9 Å². The Morgan fingerprint density at radius 3 is 2.38 bits per heavy atom. The first-order valence-corrected chi connectivity index (χ1v) is 6.11. The van der Waals surface area contributed by atoms with Gasteiger partial charge in [-0.25, -0.2) is 0 Å². The minimum Gasteiger partial charge on any atom is -0.0649 e. The van der Waals surface area contributed by atoms with Gasteiger partial charge in [-0.15, -0.1) is 0 Å². The van der Waals surface area contributed by atoms with E-state index in [1.807, 2.05) is 0 Å². The van der Waals surface area contributed by atoms with Crippen molar-refractivity contribution in [3.63, 3.8) is 0 Å². The predicted molar refractivity (Wildman–Crippen MR) is 57.6 cm³/mol. The van der Waals surface area contributed by atoms with Crippen molar-refractivity contribution in [1.82, 2.24) is 0 Å². The van der Waals surface area contributed by atoms with Gasteiger partial charge in [0.25, 0.3) is 0 Å². The lowest BCUT2D eigenvalue weighted by atomic mass is 9.75. The molecular weight excluding hydrogens is 156 g/mol. The lowest BCUT2D eigenvalue weighted by Crippen LogP contribution is -2.20. The average Bonchev–Trinajstić information content (AvgIpc) is 2.64. The van der Waals surface area contributed by atoms with Crippen LogP contribution in [0.2, 0.25) is 0 Å². The normalized spacial score (nSPS) is 38.5. The molecule has 76 valence electrons. The molecule has 0 radical (unpaired) electrons. The number of hydrogen-bond acceptors (Lipinski definition) is 0. The molecule has 2 bridgehead atoms. The van der Waals surface area contributed by atoms with E-state index in [2.05, 4.69) is 20.8 Å². The first-order chi connectivity index (χ1) is 6.11. The molecule has 0 nitrogen and oxygen atoms in total. The highest BCUT2D eigenvalue weighted by molar-refractivity contribution is 4.91. The highest BCUT2D eigenvalue weighted by atomic mass is 14.5. The summed E-state index contributed by atoms with van der Waals surface area (Å²) >= 11 is 0. The van der Waals surface area contributed by atoms with Gasteiger partial charge in [0, 0.05) is 0 Å². The Balaban J connectivity index is 1.89. The summed E-state index contributed by atoms with van der Waals surface area (Å²) in [6.07, 6.45) is 9.08. The van der Waals surface area contributed by atoms with E-state index >= 15 is 0 Å². The fourth-order valence-electron chi connectivity index (χ4n) is 3.48. The van der Waals surface area contributed by atoms with Crippen molar-refractivity contribution in [2.24, 2.45) is 23.2 Å².